The highest BCUT2D eigenvalue weighted by Gasteiger charge is 2.21. The van der Waals surface area contributed by atoms with Crippen LogP contribution in [0.4, 0.5) is 22.1 Å². The van der Waals surface area contributed by atoms with Gasteiger partial charge in [-0.15, -0.1) is 6.58 Å². The first-order valence-electron chi connectivity index (χ1n) is 12.0. The number of nitrogen functional groups attached to an aromatic ring is 1. The lowest BCUT2D eigenvalue weighted by Gasteiger charge is -2.21. The first kappa shape index (κ1) is 25.8. The van der Waals surface area contributed by atoms with Gasteiger partial charge in [-0.3, -0.25) is 9.36 Å². The fourth-order valence-corrected chi connectivity index (χ4v) is 4.13. The van der Waals surface area contributed by atoms with Crippen molar-refractivity contribution in [1.29, 1.82) is 5.26 Å². The van der Waals surface area contributed by atoms with Crippen molar-refractivity contribution in [3.63, 3.8) is 0 Å². The quantitative estimate of drug-likeness (QED) is 0.261. The van der Waals surface area contributed by atoms with Gasteiger partial charge in [0.1, 0.15) is 35.4 Å². The number of nitrogens with two attached hydrogens (primary N) is 1. The number of allylic oxidation sites excluding steroid dienone is 1. The zero-order chi connectivity index (χ0) is 27.2. The molecule has 4 rings (SSSR count). The maximum Gasteiger partial charge on any atom is 0.319 e. The summed E-state index contributed by atoms with van der Waals surface area (Å²) in [4.78, 5) is 39.1. The summed E-state index contributed by atoms with van der Waals surface area (Å²) in [7, 11) is 0. The lowest BCUT2D eigenvalue weighted by Crippen LogP contribution is -2.29. The Morgan fingerprint density at radius 1 is 1.26 bits per heavy atom. The van der Waals surface area contributed by atoms with Crippen molar-refractivity contribution in [3.8, 4) is 11.8 Å². The van der Waals surface area contributed by atoms with Crippen molar-refractivity contribution in [2.75, 3.05) is 22.9 Å². The van der Waals surface area contributed by atoms with Gasteiger partial charge < -0.3 is 21.7 Å². The third-order valence-electron chi connectivity index (χ3n) is 5.80. The number of hydrogen-bond acceptors (Lipinski definition) is 8. The molecule has 0 bridgehead atoms. The van der Waals surface area contributed by atoms with E-state index in [1.54, 1.807) is 43.3 Å². The molecule has 2 amide bonds. The fourth-order valence-electron chi connectivity index (χ4n) is 4.13. The van der Waals surface area contributed by atoms with E-state index in [0.29, 0.717) is 41.1 Å². The molecule has 0 spiro atoms. The summed E-state index contributed by atoms with van der Waals surface area (Å²) >= 11 is 0. The number of anilines is 3. The van der Waals surface area contributed by atoms with E-state index in [1.807, 2.05) is 25.1 Å². The number of rotatable bonds is 8. The van der Waals surface area contributed by atoms with Gasteiger partial charge in [0.2, 0.25) is 0 Å². The highest BCUT2D eigenvalue weighted by molar-refractivity contribution is 5.89. The smallest absolute Gasteiger partial charge is 0.319 e. The van der Waals surface area contributed by atoms with Crippen molar-refractivity contribution in [2.45, 2.75) is 26.3 Å². The minimum absolute atomic E-state index is 0.0410. The summed E-state index contributed by atoms with van der Waals surface area (Å²) in [5.74, 6) is 0.634. The van der Waals surface area contributed by atoms with Crippen molar-refractivity contribution in [2.24, 2.45) is 0 Å². The van der Waals surface area contributed by atoms with E-state index in [4.69, 9.17) is 10.7 Å². The summed E-state index contributed by atoms with van der Waals surface area (Å²) in [5, 5.41) is 18.6. The predicted molar refractivity (Wildman–Crippen MR) is 147 cm³/mol. The highest BCUT2D eigenvalue weighted by Crippen LogP contribution is 2.26. The van der Waals surface area contributed by atoms with E-state index < -0.39 is 6.04 Å². The zero-order valence-corrected chi connectivity index (χ0v) is 21.0. The van der Waals surface area contributed by atoms with Crippen LogP contribution in [0.1, 0.15) is 36.8 Å². The molecule has 0 fully saturated rings. The third-order valence-corrected chi connectivity index (χ3v) is 5.80. The lowest BCUT2D eigenvalue weighted by molar-refractivity contribution is 0.252. The number of aromatic nitrogens is 4. The Bertz CT molecular complexity index is 1620. The zero-order valence-electron chi connectivity index (χ0n) is 21.0. The van der Waals surface area contributed by atoms with Gasteiger partial charge in [-0.05, 0) is 50.1 Å². The van der Waals surface area contributed by atoms with Gasteiger partial charge in [0.15, 0.2) is 0 Å². The number of urea groups is 1. The Morgan fingerprint density at radius 2 is 2.05 bits per heavy atom. The number of nitrogens with one attached hydrogen (secondary N) is 3. The third kappa shape index (κ3) is 5.15. The molecule has 5 N–H and O–H groups in total. The average Bonchev–Trinajstić information content (AvgIpc) is 2.89. The van der Waals surface area contributed by atoms with Crippen LogP contribution >= 0.6 is 0 Å². The van der Waals surface area contributed by atoms with Crippen LogP contribution in [0, 0.1) is 11.3 Å². The van der Waals surface area contributed by atoms with Crippen LogP contribution in [0.2, 0.25) is 0 Å². The standard InChI is InChI=1S/C27H27N9O2/c1-4-8-17-9-6-12-21-22(17)26(37)36(19-11-7-10-18(13-19)34-27(38)30-5-2)25(35-21)16(3)33-24-20(14-28)23(29)31-15-32-24/h4,6-7,9-13,15-16H,1,5,8H2,2-3H3,(H2,30,34,38)(H3,29,31,32,33)/t16-/m0/s1. The van der Waals surface area contributed by atoms with Crippen molar-refractivity contribution >= 4 is 34.3 Å². The first-order valence-corrected chi connectivity index (χ1v) is 12.0. The molecule has 2 aromatic carbocycles. The Morgan fingerprint density at radius 3 is 2.79 bits per heavy atom. The minimum atomic E-state index is -0.587. The van der Waals surface area contributed by atoms with E-state index in [9.17, 15) is 14.9 Å². The van der Waals surface area contributed by atoms with Gasteiger partial charge in [0, 0.05) is 12.2 Å². The molecule has 4 aromatic rings. The summed E-state index contributed by atoms with van der Waals surface area (Å²) in [5.41, 5.74) is 7.98. The van der Waals surface area contributed by atoms with Gasteiger partial charge in [-0.1, -0.05) is 24.3 Å². The van der Waals surface area contributed by atoms with E-state index in [-0.39, 0.29) is 28.8 Å². The van der Waals surface area contributed by atoms with E-state index in [1.165, 1.54) is 10.9 Å². The molecule has 0 saturated heterocycles. The number of nitrogens with zero attached hydrogens (tertiary/aromatic N) is 5. The summed E-state index contributed by atoms with van der Waals surface area (Å²) in [6, 6.07) is 13.5. The molecule has 2 heterocycles. The minimum Gasteiger partial charge on any atom is -0.382 e. The number of amides is 2. The SMILES string of the molecule is C=CCc1cccc2nc([C@H](C)Nc3ncnc(N)c3C#N)n(-c3cccc(NC(=O)NCC)c3)c(=O)c12. The van der Waals surface area contributed by atoms with Crippen LogP contribution in [0.3, 0.4) is 0 Å². The van der Waals surface area contributed by atoms with Crippen LogP contribution in [-0.4, -0.2) is 32.1 Å². The fraction of sp³-hybridized carbons (Fsp3) is 0.185. The van der Waals surface area contributed by atoms with Crippen LogP contribution in [0.5, 0.6) is 0 Å². The normalized spacial score (nSPS) is 11.4. The molecule has 0 unspecified atom stereocenters. The maximum absolute atomic E-state index is 14.1. The maximum atomic E-state index is 14.1. The predicted octanol–water partition coefficient (Wildman–Crippen LogP) is 3.67. The molecule has 0 aliphatic rings. The second kappa shape index (κ2) is 11.2. The monoisotopic (exact) mass is 509 g/mol. The van der Waals surface area contributed by atoms with Crippen LogP contribution in [0.25, 0.3) is 16.6 Å². The summed E-state index contributed by atoms with van der Waals surface area (Å²) in [6.45, 7) is 7.90. The molecule has 0 aliphatic heterocycles. The number of benzene rings is 2. The molecule has 192 valence electrons. The molecular weight excluding hydrogens is 482 g/mol. The molecule has 11 heteroatoms. The van der Waals surface area contributed by atoms with Crippen molar-refractivity contribution in [3.05, 3.63) is 88.8 Å². The number of fused-ring (bicyclic) bond motifs is 1. The van der Waals surface area contributed by atoms with Crippen molar-refractivity contribution in [1.82, 2.24) is 24.8 Å². The van der Waals surface area contributed by atoms with Gasteiger partial charge in [0.05, 0.1) is 22.6 Å². The molecule has 11 nitrogen and oxygen atoms in total. The van der Waals surface area contributed by atoms with Crippen LogP contribution in [-0.2, 0) is 6.42 Å². The molecule has 2 aromatic heterocycles. The highest BCUT2D eigenvalue weighted by atomic mass is 16.2. The van der Waals surface area contributed by atoms with E-state index in [2.05, 4.69) is 32.5 Å². The van der Waals surface area contributed by atoms with Gasteiger partial charge in [-0.2, -0.15) is 5.26 Å². The van der Waals surface area contributed by atoms with Gasteiger partial charge in [0.25, 0.3) is 5.56 Å². The summed E-state index contributed by atoms with van der Waals surface area (Å²) < 4.78 is 1.49. The largest absolute Gasteiger partial charge is 0.382 e. The first-order chi connectivity index (χ1) is 18.4. The number of hydrogen-bond donors (Lipinski definition) is 4. The molecule has 0 radical (unpaired) electrons. The second-order valence-corrected chi connectivity index (χ2v) is 8.41. The molecule has 0 aliphatic carbocycles. The van der Waals surface area contributed by atoms with Crippen molar-refractivity contribution < 1.29 is 4.79 Å². The molecule has 1 atom stereocenters. The van der Waals surface area contributed by atoms with Crippen LogP contribution < -0.4 is 27.2 Å². The summed E-state index contributed by atoms with van der Waals surface area (Å²) in [6.07, 6.45) is 3.48. The molecular formula is C27H27N9O2. The number of carbonyl (C=O) groups excluding carboxylic acids is 1. The second-order valence-electron chi connectivity index (χ2n) is 8.41. The number of nitriles is 1. The Kier molecular flexibility index (Phi) is 7.63. The van der Waals surface area contributed by atoms with E-state index in [0.717, 1.165) is 5.56 Å². The van der Waals surface area contributed by atoms with E-state index >= 15 is 0 Å². The van der Waals surface area contributed by atoms with Gasteiger partial charge in [-0.25, -0.2) is 19.7 Å². The Labute approximate surface area is 219 Å². The molecule has 38 heavy (non-hydrogen) atoms. The topological polar surface area (TPSA) is 164 Å². The average molecular weight is 510 g/mol. The molecule has 0 saturated carbocycles. The Balaban J connectivity index is 1.92. The lowest BCUT2D eigenvalue weighted by atomic mass is 10.1. The van der Waals surface area contributed by atoms with Gasteiger partial charge >= 0.3 is 6.03 Å². The van der Waals surface area contributed by atoms with Crippen LogP contribution in [0.15, 0.2) is 66.2 Å². The number of carbonyl (C=O) groups is 1. The Hall–Kier alpha value is -5.24.